The molecular weight excluding hydrogens is 220 g/mol. The summed E-state index contributed by atoms with van der Waals surface area (Å²) in [7, 11) is -2.82. The van der Waals surface area contributed by atoms with Crippen LogP contribution in [0.25, 0.3) is 0 Å². The topological polar surface area (TPSA) is 97.7 Å². The first kappa shape index (κ1) is 12.2. The van der Waals surface area contributed by atoms with Crippen molar-refractivity contribution in [1.82, 2.24) is 0 Å². The fraction of sp³-hybridized carbons (Fsp3) is 0.600. The lowest BCUT2D eigenvalue weighted by Crippen LogP contribution is -2.11. The van der Waals surface area contributed by atoms with Crippen LogP contribution in [0.15, 0.2) is 0 Å². The summed E-state index contributed by atoms with van der Waals surface area (Å²) in [5.41, 5.74) is 0. The Labute approximate surface area is 78.6 Å². The molecule has 76 valence electrons. The summed E-state index contributed by atoms with van der Waals surface area (Å²) in [4.78, 5) is 20.5. The van der Waals surface area contributed by atoms with Crippen LogP contribution in [0.2, 0.25) is 0 Å². The van der Waals surface area contributed by atoms with Gasteiger partial charge in [0.1, 0.15) is 0 Å². The van der Waals surface area contributed by atoms with Crippen LogP contribution in [0, 0.1) is 0 Å². The van der Waals surface area contributed by atoms with Crippen molar-refractivity contribution in [2.75, 3.05) is 12.9 Å². The lowest BCUT2D eigenvalue weighted by atomic mass is 10.5. The summed E-state index contributed by atoms with van der Waals surface area (Å²) in [6.07, 6.45) is -0.319. The Kier molecular flexibility index (Phi) is 4.78. The third-order valence-electron chi connectivity index (χ3n) is 0.925. The van der Waals surface area contributed by atoms with Crippen molar-refractivity contribution in [3.63, 3.8) is 0 Å². The van der Waals surface area contributed by atoms with Gasteiger partial charge in [-0.25, -0.2) is 13.2 Å². The third kappa shape index (κ3) is 4.73. The zero-order valence-corrected chi connectivity index (χ0v) is 8.35. The van der Waals surface area contributed by atoms with E-state index in [0.29, 0.717) is 0 Å². The lowest BCUT2D eigenvalue weighted by Gasteiger charge is -1.98. The maximum atomic E-state index is 10.8. The molecule has 6 nitrogen and oxygen atoms in total. The number of methoxy groups -OCH3 is 1. The summed E-state index contributed by atoms with van der Waals surface area (Å²) in [6, 6.07) is 0. The number of aliphatic carboxylic acids is 1. The average molecular weight is 228 g/mol. The van der Waals surface area contributed by atoms with E-state index >= 15 is 0 Å². The van der Waals surface area contributed by atoms with Crippen LogP contribution in [0.5, 0.6) is 0 Å². The van der Waals surface area contributed by atoms with Crippen LogP contribution in [-0.2, 0) is 18.4 Å². The first-order chi connectivity index (χ1) is 5.90. The number of rotatable bonds is 4. The molecule has 13 heavy (non-hydrogen) atoms. The van der Waals surface area contributed by atoms with Gasteiger partial charge in [-0.05, 0) is 10.8 Å². The molecule has 0 aromatic heterocycles. The van der Waals surface area contributed by atoms with Gasteiger partial charge in [0.2, 0.25) is 0 Å². The maximum absolute atomic E-state index is 10.8. The molecule has 8 heteroatoms. The summed E-state index contributed by atoms with van der Waals surface area (Å²) in [6.45, 7) is 0. The van der Waals surface area contributed by atoms with E-state index in [2.05, 4.69) is 4.74 Å². The molecule has 0 radical (unpaired) electrons. The lowest BCUT2D eigenvalue weighted by molar-refractivity contribution is -0.136. The molecule has 0 heterocycles. The molecular formula is C5H8O6S2. The van der Waals surface area contributed by atoms with Crippen molar-refractivity contribution in [2.45, 2.75) is 6.42 Å². The smallest absolute Gasteiger partial charge is 0.434 e. The summed E-state index contributed by atoms with van der Waals surface area (Å²) in [5, 5.41) is 6.82. The van der Waals surface area contributed by atoms with Crippen LogP contribution in [0.4, 0.5) is 4.79 Å². The molecule has 0 aliphatic carbocycles. The van der Waals surface area contributed by atoms with E-state index in [1.54, 1.807) is 0 Å². The maximum Gasteiger partial charge on any atom is 0.434 e. The SMILES string of the molecule is COC(=O)S(=O)(=O)SCCC(=O)O. The normalized spacial score (nSPS) is 10.8. The van der Waals surface area contributed by atoms with Crippen LogP contribution in [0.1, 0.15) is 6.42 Å². The number of carboxylic acid groups (broad SMARTS) is 1. The molecule has 0 unspecified atom stereocenters. The fourth-order valence-corrected chi connectivity index (χ4v) is 2.57. The fourth-order valence-electron chi connectivity index (χ4n) is 0.389. The van der Waals surface area contributed by atoms with Crippen molar-refractivity contribution in [2.24, 2.45) is 0 Å². The standard InChI is InChI=1S/C5H8O6S2/c1-11-5(8)13(9,10)12-3-2-4(6)7/h2-3H2,1H3,(H,6,7). The van der Waals surface area contributed by atoms with Gasteiger partial charge in [0.25, 0.3) is 0 Å². The van der Waals surface area contributed by atoms with Crippen molar-refractivity contribution in [1.29, 1.82) is 0 Å². The van der Waals surface area contributed by atoms with Gasteiger partial charge in [0.05, 0.1) is 13.5 Å². The second-order valence-electron chi connectivity index (χ2n) is 1.87. The molecule has 0 aromatic rings. The van der Waals surface area contributed by atoms with Crippen LogP contribution in [-0.4, -0.2) is 37.7 Å². The van der Waals surface area contributed by atoms with Gasteiger partial charge in [-0.2, -0.15) is 0 Å². The summed E-state index contributed by atoms with van der Waals surface area (Å²) < 4.78 is 25.7. The molecule has 0 spiro atoms. The van der Waals surface area contributed by atoms with Crippen molar-refractivity contribution < 1.29 is 27.9 Å². The Morgan fingerprint density at radius 2 is 2.00 bits per heavy atom. The molecule has 0 aliphatic rings. The van der Waals surface area contributed by atoms with E-state index in [1.165, 1.54) is 0 Å². The first-order valence-corrected chi connectivity index (χ1v) is 6.08. The van der Waals surface area contributed by atoms with Crippen molar-refractivity contribution >= 4 is 30.9 Å². The molecule has 0 fully saturated rings. The number of carboxylic acids is 1. The van der Waals surface area contributed by atoms with Crippen molar-refractivity contribution in [3.05, 3.63) is 0 Å². The molecule has 0 amide bonds. The molecule has 0 rings (SSSR count). The second kappa shape index (κ2) is 5.07. The van der Waals surface area contributed by atoms with Gasteiger partial charge < -0.3 is 9.84 Å². The predicted octanol–water partition coefficient (Wildman–Crippen LogP) is 0.291. The third-order valence-corrected chi connectivity index (χ3v) is 4.02. The zero-order chi connectivity index (χ0) is 10.5. The molecule has 0 aliphatic heterocycles. The molecule has 0 saturated carbocycles. The van der Waals surface area contributed by atoms with Gasteiger partial charge in [0, 0.05) is 5.75 Å². The van der Waals surface area contributed by atoms with E-state index < -0.39 is 20.1 Å². The van der Waals surface area contributed by atoms with Crippen LogP contribution in [0.3, 0.4) is 0 Å². The van der Waals surface area contributed by atoms with E-state index in [4.69, 9.17) is 5.11 Å². The predicted molar refractivity (Wildman–Crippen MR) is 46.0 cm³/mol. The Morgan fingerprint density at radius 3 is 2.38 bits per heavy atom. The van der Waals surface area contributed by atoms with Gasteiger partial charge in [-0.15, -0.1) is 0 Å². The number of carbonyl (C=O) groups excluding carboxylic acids is 1. The molecule has 1 N–H and O–H groups in total. The zero-order valence-electron chi connectivity index (χ0n) is 6.72. The Balaban J connectivity index is 4.05. The van der Waals surface area contributed by atoms with Gasteiger partial charge in [-0.1, -0.05) is 0 Å². The van der Waals surface area contributed by atoms with E-state index in [9.17, 15) is 18.0 Å². The number of ether oxygens (including phenoxy) is 1. The van der Waals surface area contributed by atoms with Gasteiger partial charge in [-0.3, -0.25) is 4.79 Å². The highest BCUT2D eigenvalue weighted by Crippen LogP contribution is 2.15. The minimum Gasteiger partial charge on any atom is -0.481 e. The van der Waals surface area contributed by atoms with E-state index in [-0.39, 0.29) is 23.0 Å². The minimum absolute atomic E-state index is 0.174. The quantitative estimate of drug-likeness (QED) is 0.545. The monoisotopic (exact) mass is 228 g/mol. The Morgan fingerprint density at radius 1 is 1.46 bits per heavy atom. The summed E-state index contributed by atoms with van der Waals surface area (Å²) in [5.74, 6) is -1.29. The number of carbonyl (C=O) groups is 2. The van der Waals surface area contributed by atoms with Gasteiger partial charge >= 0.3 is 20.1 Å². The van der Waals surface area contributed by atoms with Crippen LogP contribution < -0.4 is 0 Å². The largest absolute Gasteiger partial charge is 0.481 e. The average Bonchev–Trinajstić information content (AvgIpc) is 2.01. The van der Waals surface area contributed by atoms with E-state index in [0.717, 1.165) is 7.11 Å². The van der Waals surface area contributed by atoms with Crippen LogP contribution >= 0.6 is 10.8 Å². The molecule has 0 atom stereocenters. The second-order valence-corrected chi connectivity index (χ2v) is 5.78. The molecule has 0 aromatic carbocycles. The van der Waals surface area contributed by atoms with Crippen molar-refractivity contribution in [3.8, 4) is 0 Å². The Bertz CT molecular complexity index is 292. The Hall–Kier alpha value is -0.760. The number of hydrogen-bond acceptors (Lipinski definition) is 6. The van der Waals surface area contributed by atoms with Gasteiger partial charge in [0.15, 0.2) is 0 Å². The summed E-state index contributed by atoms with van der Waals surface area (Å²) >= 11 is 0. The first-order valence-electron chi connectivity index (χ1n) is 3.09. The highest BCUT2D eigenvalue weighted by atomic mass is 33.1. The molecule has 0 bridgehead atoms. The minimum atomic E-state index is -4.01. The highest BCUT2D eigenvalue weighted by Gasteiger charge is 2.23. The number of hydrogen-bond donors (Lipinski definition) is 1. The molecule has 0 saturated heterocycles. The van der Waals surface area contributed by atoms with E-state index in [1.807, 2.05) is 0 Å². The highest BCUT2D eigenvalue weighted by molar-refractivity contribution is 8.77.